The normalized spacial score (nSPS) is 18.0. The quantitative estimate of drug-likeness (QED) is 0.764. The van der Waals surface area contributed by atoms with Crippen LogP contribution in [-0.2, 0) is 39.8 Å². The van der Waals surface area contributed by atoms with Crippen molar-refractivity contribution in [1.29, 1.82) is 0 Å². The van der Waals surface area contributed by atoms with Crippen molar-refractivity contribution < 1.29 is 13.7 Å². The van der Waals surface area contributed by atoms with Crippen LogP contribution in [0.2, 0.25) is 0 Å². The second-order valence-corrected chi connectivity index (χ2v) is 9.57. The molecular formula is C23H28N4O3S. The molecule has 3 N–H and O–H groups in total. The predicted octanol–water partition coefficient (Wildman–Crippen LogP) is 2.34. The fourth-order valence-corrected chi connectivity index (χ4v) is 5.07. The summed E-state index contributed by atoms with van der Waals surface area (Å²) in [6, 6.07) is 14.3. The Hall–Kier alpha value is -2.71. The van der Waals surface area contributed by atoms with E-state index in [1.807, 2.05) is 17.0 Å². The van der Waals surface area contributed by atoms with Crippen molar-refractivity contribution in [1.82, 2.24) is 4.90 Å². The molecule has 0 saturated carbocycles. The summed E-state index contributed by atoms with van der Waals surface area (Å²) >= 11 is 0. The van der Waals surface area contributed by atoms with Crippen molar-refractivity contribution in [3.05, 3.63) is 59.2 Å². The highest BCUT2D eigenvalue weighted by Crippen LogP contribution is 2.27. The number of carbonyl (C=O) groups excluding carboxylic acids is 1. The molecule has 5 rings (SSSR count). The van der Waals surface area contributed by atoms with Crippen molar-refractivity contribution >= 4 is 34.1 Å². The summed E-state index contributed by atoms with van der Waals surface area (Å²) in [6.45, 7) is 2.07. The molecule has 2 aromatic rings. The summed E-state index contributed by atoms with van der Waals surface area (Å²) in [5.41, 5.74) is 11.0. The first-order chi connectivity index (χ1) is 15.1. The summed E-state index contributed by atoms with van der Waals surface area (Å²) in [5.74, 6) is 1.21. The molecule has 3 aliphatic rings. The standard InChI is InChI=1S/C14H18N4O3S.C9H10/c15-14-17-12-2-1-11(7-10(12)9-21-14)16-13(19)8-18-3-5-22(20)6-4-18;1-2-5-9-7-3-6-8(9)4-1/h1-2,7H,3-6,8-9H2,(H2,15,17)(H,16,19);1-2,4-5H,3,6-7H2. The van der Waals surface area contributed by atoms with Crippen molar-refractivity contribution in [2.75, 3.05) is 36.5 Å². The van der Waals surface area contributed by atoms with Crippen LogP contribution in [0.3, 0.4) is 0 Å². The molecule has 0 atom stereocenters. The zero-order valence-electron chi connectivity index (χ0n) is 17.5. The second-order valence-electron chi connectivity index (χ2n) is 7.88. The number of nitrogens with zero attached hydrogens (tertiary/aromatic N) is 2. The number of carbonyl (C=O) groups is 1. The van der Waals surface area contributed by atoms with E-state index in [0.29, 0.717) is 43.4 Å². The molecule has 7 nitrogen and oxygen atoms in total. The molecule has 2 heterocycles. The zero-order valence-corrected chi connectivity index (χ0v) is 18.3. The van der Waals surface area contributed by atoms with E-state index >= 15 is 0 Å². The number of aryl methyl sites for hydroxylation is 2. The maximum Gasteiger partial charge on any atom is 0.287 e. The van der Waals surface area contributed by atoms with Gasteiger partial charge < -0.3 is 15.8 Å². The molecule has 1 aliphatic carbocycles. The van der Waals surface area contributed by atoms with Gasteiger partial charge in [-0.3, -0.25) is 13.9 Å². The third-order valence-electron chi connectivity index (χ3n) is 5.62. The molecule has 0 radical (unpaired) electrons. The van der Waals surface area contributed by atoms with Gasteiger partial charge in [-0.05, 0) is 48.6 Å². The molecule has 164 valence electrons. The van der Waals surface area contributed by atoms with E-state index in [9.17, 15) is 9.00 Å². The number of amidine groups is 1. The predicted molar refractivity (Wildman–Crippen MR) is 124 cm³/mol. The van der Waals surface area contributed by atoms with Crippen LogP contribution >= 0.6 is 0 Å². The van der Waals surface area contributed by atoms with Gasteiger partial charge in [-0.25, -0.2) is 0 Å². The Bertz CT molecular complexity index is 975. The van der Waals surface area contributed by atoms with E-state index in [4.69, 9.17) is 10.5 Å². The van der Waals surface area contributed by atoms with E-state index in [0.717, 1.165) is 11.3 Å². The van der Waals surface area contributed by atoms with E-state index in [1.165, 1.54) is 19.3 Å². The highest BCUT2D eigenvalue weighted by Gasteiger charge is 2.18. The van der Waals surface area contributed by atoms with Crippen LogP contribution < -0.4 is 11.1 Å². The number of aliphatic imine (C=N–C) groups is 1. The molecule has 0 bridgehead atoms. The van der Waals surface area contributed by atoms with Gasteiger partial charge in [0.2, 0.25) is 5.91 Å². The van der Waals surface area contributed by atoms with Crippen LogP contribution in [0.4, 0.5) is 11.4 Å². The molecule has 2 aliphatic heterocycles. The van der Waals surface area contributed by atoms with E-state index < -0.39 is 10.8 Å². The number of nitrogens with two attached hydrogens (primary N) is 1. The van der Waals surface area contributed by atoms with E-state index in [-0.39, 0.29) is 11.9 Å². The number of fused-ring (bicyclic) bond motifs is 2. The average Bonchev–Trinajstić information content (AvgIpc) is 3.25. The number of hydrogen-bond acceptors (Lipinski definition) is 6. The van der Waals surface area contributed by atoms with Gasteiger partial charge in [0.05, 0.1) is 12.2 Å². The maximum atomic E-state index is 12.1. The minimum absolute atomic E-state index is 0.0765. The Labute approximate surface area is 185 Å². The van der Waals surface area contributed by atoms with E-state index in [1.54, 1.807) is 17.2 Å². The van der Waals surface area contributed by atoms with Crippen LogP contribution in [0.15, 0.2) is 47.5 Å². The van der Waals surface area contributed by atoms with Crippen molar-refractivity contribution in [2.45, 2.75) is 25.9 Å². The smallest absolute Gasteiger partial charge is 0.287 e. The Balaban J connectivity index is 0.000000212. The lowest BCUT2D eigenvalue weighted by molar-refractivity contribution is -0.117. The largest absolute Gasteiger partial charge is 0.460 e. The number of nitrogens with one attached hydrogen (secondary N) is 1. The van der Waals surface area contributed by atoms with Gasteiger partial charge in [-0.2, -0.15) is 4.99 Å². The highest BCUT2D eigenvalue weighted by atomic mass is 32.2. The first kappa shape index (κ1) is 21.5. The van der Waals surface area contributed by atoms with Gasteiger partial charge in [0, 0.05) is 46.6 Å². The van der Waals surface area contributed by atoms with Crippen LogP contribution in [0.25, 0.3) is 0 Å². The fourth-order valence-electron chi connectivity index (χ4n) is 3.94. The van der Waals surface area contributed by atoms with Gasteiger partial charge >= 0.3 is 0 Å². The Morgan fingerprint density at radius 1 is 1.10 bits per heavy atom. The van der Waals surface area contributed by atoms with Crippen LogP contribution in [0.5, 0.6) is 0 Å². The topological polar surface area (TPSA) is 97.0 Å². The van der Waals surface area contributed by atoms with Crippen molar-refractivity contribution in [3.8, 4) is 0 Å². The zero-order chi connectivity index (χ0) is 21.6. The third-order valence-corrected chi connectivity index (χ3v) is 6.89. The summed E-state index contributed by atoms with van der Waals surface area (Å²) in [5, 5.41) is 2.87. The highest BCUT2D eigenvalue weighted by molar-refractivity contribution is 7.85. The average molecular weight is 441 g/mol. The van der Waals surface area contributed by atoms with Crippen LogP contribution in [0, 0.1) is 0 Å². The SMILES string of the molecule is NC1=Nc2ccc(NC(=O)CN3CCS(=O)CC3)cc2CO1.c1ccc2c(c1)CCC2. The van der Waals surface area contributed by atoms with Crippen LogP contribution in [-0.4, -0.2) is 52.2 Å². The van der Waals surface area contributed by atoms with Crippen molar-refractivity contribution in [3.63, 3.8) is 0 Å². The number of benzene rings is 2. The molecule has 0 spiro atoms. The number of ether oxygens (including phenoxy) is 1. The second kappa shape index (κ2) is 10.1. The molecule has 1 amide bonds. The lowest BCUT2D eigenvalue weighted by atomic mass is 10.1. The van der Waals surface area contributed by atoms with Gasteiger partial charge in [0.15, 0.2) is 0 Å². The molecule has 2 aromatic carbocycles. The summed E-state index contributed by atoms with van der Waals surface area (Å²) in [6.07, 6.45) is 3.96. The van der Waals surface area contributed by atoms with E-state index in [2.05, 4.69) is 34.6 Å². The lowest BCUT2D eigenvalue weighted by Crippen LogP contribution is -2.42. The molecule has 8 heteroatoms. The summed E-state index contributed by atoms with van der Waals surface area (Å²) < 4.78 is 16.5. The Kier molecular flexibility index (Phi) is 6.99. The fraction of sp³-hybridized carbons (Fsp3) is 0.391. The third kappa shape index (κ3) is 5.92. The molecule has 1 saturated heterocycles. The minimum atomic E-state index is -0.728. The molecular weight excluding hydrogens is 412 g/mol. The lowest BCUT2D eigenvalue weighted by Gasteiger charge is -2.25. The van der Waals surface area contributed by atoms with Gasteiger partial charge in [-0.15, -0.1) is 0 Å². The van der Waals surface area contributed by atoms with Crippen LogP contribution in [0.1, 0.15) is 23.1 Å². The number of rotatable bonds is 3. The van der Waals surface area contributed by atoms with Gasteiger partial charge in [0.1, 0.15) is 6.61 Å². The monoisotopic (exact) mass is 440 g/mol. The number of hydrogen-bond donors (Lipinski definition) is 2. The Morgan fingerprint density at radius 3 is 2.52 bits per heavy atom. The molecule has 0 aromatic heterocycles. The van der Waals surface area contributed by atoms with Gasteiger partial charge in [-0.1, -0.05) is 24.3 Å². The first-order valence-corrected chi connectivity index (χ1v) is 12.1. The maximum absolute atomic E-state index is 12.1. The summed E-state index contributed by atoms with van der Waals surface area (Å²) in [7, 11) is -0.728. The first-order valence-electron chi connectivity index (χ1n) is 10.6. The number of anilines is 1. The molecule has 1 fully saturated rings. The molecule has 31 heavy (non-hydrogen) atoms. The Morgan fingerprint density at radius 2 is 1.81 bits per heavy atom. The summed E-state index contributed by atoms with van der Waals surface area (Å²) in [4.78, 5) is 18.2. The molecule has 0 unspecified atom stereocenters. The minimum Gasteiger partial charge on any atom is -0.460 e. The van der Waals surface area contributed by atoms with Gasteiger partial charge in [0.25, 0.3) is 6.02 Å². The number of amides is 1. The van der Waals surface area contributed by atoms with Crippen molar-refractivity contribution in [2.24, 2.45) is 10.7 Å².